The number of fused-ring (bicyclic) bond motifs is 1. The van der Waals surface area contributed by atoms with E-state index in [1.165, 1.54) is 10.6 Å². The fraction of sp³-hybridized carbons (Fsp3) is 0.345. The molecule has 0 spiro atoms. The van der Waals surface area contributed by atoms with Crippen molar-refractivity contribution in [3.8, 4) is 23.0 Å². The summed E-state index contributed by atoms with van der Waals surface area (Å²) in [6.45, 7) is 12.0. The first-order chi connectivity index (χ1) is 18.2. The van der Waals surface area contributed by atoms with Crippen LogP contribution in [0.2, 0.25) is 0 Å². The summed E-state index contributed by atoms with van der Waals surface area (Å²) in [5.74, 6) is 0.00761. The summed E-state index contributed by atoms with van der Waals surface area (Å²) in [6, 6.07) is 10.5. The maximum absolute atomic E-state index is 15.1. The summed E-state index contributed by atoms with van der Waals surface area (Å²) in [6.07, 6.45) is 1.72. The van der Waals surface area contributed by atoms with Crippen LogP contribution < -0.4 is 15.9 Å². The van der Waals surface area contributed by atoms with Crippen molar-refractivity contribution in [1.29, 1.82) is 5.26 Å². The number of rotatable bonds is 4. The second kappa shape index (κ2) is 9.95. The topological polar surface area (TPSA) is 99.7 Å². The number of piperazine rings is 1. The van der Waals surface area contributed by atoms with E-state index in [1.54, 1.807) is 24.4 Å². The molecule has 9 heteroatoms. The van der Waals surface area contributed by atoms with E-state index in [4.69, 9.17) is 4.98 Å². The second-order valence-corrected chi connectivity index (χ2v) is 10.2. The Morgan fingerprint density at radius 1 is 1.18 bits per heavy atom. The van der Waals surface area contributed by atoms with Gasteiger partial charge < -0.3 is 10.2 Å². The number of benzene rings is 1. The lowest BCUT2D eigenvalue weighted by molar-refractivity contribution is 0.497. The minimum absolute atomic E-state index is 0.0202. The molecule has 38 heavy (non-hydrogen) atoms. The van der Waals surface area contributed by atoms with Crippen molar-refractivity contribution in [1.82, 2.24) is 24.8 Å². The zero-order valence-corrected chi connectivity index (χ0v) is 22.2. The summed E-state index contributed by atoms with van der Waals surface area (Å²) < 4.78 is 16.5. The minimum atomic E-state index is -0.496. The van der Waals surface area contributed by atoms with E-state index in [2.05, 4.69) is 33.2 Å². The van der Waals surface area contributed by atoms with Crippen molar-refractivity contribution < 1.29 is 4.39 Å². The van der Waals surface area contributed by atoms with Crippen LogP contribution in [-0.2, 0) is 0 Å². The highest BCUT2D eigenvalue weighted by Gasteiger charge is 2.27. The molecule has 1 aliphatic heterocycles. The van der Waals surface area contributed by atoms with Gasteiger partial charge in [0.1, 0.15) is 17.7 Å². The molecular weight excluding hydrogens is 481 g/mol. The molecule has 8 nitrogen and oxygen atoms in total. The second-order valence-electron chi connectivity index (χ2n) is 10.2. The number of anilines is 1. The lowest BCUT2D eigenvalue weighted by Crippen LogP contribution is -2.50. The third kappa shape index (κ3) is 4.31. The third-order valence-corrected chi connectivity index (χ3v) is 7.04. The Morgan fingerprint density at radius 3 is 2.68 bits per heavy atom. The summed E-state index contributed by atoms with van der Waals surface area (Å²) in [7, 11) is 0. The van der Waals surface area contributed by atoms with Crippen molar-refractivity contribution in [3.63, 3.8) is 0 Å². The minimum Gasteiger partial charge on any atom is -0.351 e. The number of aryl methyl sites for hydroxylation is 2. The van der Waals surface area contributed by atoms with Crippen molar-refractivity contribution in [2.75, 3.05) is 24.5 Å². The van der Waals surface area contributed by atoms with Crippen molar-refractivity contribution in [2.24, 2.45) is 0 Å². The highest BCUT2D eigenvalue weighted by molar-refractivity contribution is 5.92. The van der Waals surface area contributed by atoms with Crippen molar-refractivity contribution >= 4 is 16.9 Å². The molecule has 0 aliphatic carbocycles. The van der Waals surface area contributed by atoms with Crippen LogP contribution in [0.25, 0.3) is 28.0 Å². The number of nitrogens with one attached hydrogen (secondary N) is 1. The Labute approximate surface area is 220 Å². The molecule has 194 valence electrons. The number of aromatic nitrogens is 4. The number of hydrogen-bond acceptors (Lipinski definition) is 7. The zero-order chi connectivity index (χ0) is 27.1. The van der Waals surface area contributed by atoms with E-state index in [-0.39, 0.29) is 28.8 Å². The molecule has 1 fully saturated rings. The number of halogens is 1. The van der Waals surface area contributed by atoms with E-state index in [9.17, 15) is 10.1 Å². The maximum Gasteiger partial charge on any atom is 0.355 e. The van der Waals surface area contributed by atoms with Gasteiger partial charge >= 0.3 is 5.69 Å². The summed E-state index contributed by atoms with van der Waals surface area (Å²) >= 11 is 0. The highest BCUT2D eigenvalue weighted by atomic mass is 19.1. The first-order valence-corrected chi connectivity index (χ1v) is 12.8. The molecule has 0 radical (unpaired) electrons. The van der Waals surface area contributed by atoms with E-state index in [0.717, 1.165) is 29.9 Å². The average Bonchev–Trinajstić information content (AvgIpc) is 2.89. The van der Waals surface area contributed by atoms with Crippen LogP contribution >= 0.6 is 0 Å². The number of pyridine rings is 2. The smallest absolute Gasteiger partial charge is 0.351 e. The van der Waals surface area contributed by atoms with E-state index in [1.807, 2.05) is 33.8 Å². The zero-order valence-electron chi connectivity index (χ0n) is 22.2. The SMILES string of the molecule is Cc1ccc(F)c(-c2nc3c(cc2C#N)c(N2CCNCC2C)nc(=O)n3-c2c(C)ccnc2C(C)C)c1. The molecular formula is C29H30FN7O. The van der Waals surface area contributed by atoms with Crippen LogP contribution in [0.3, 0.4) is 0 Å². The average molecular weight is 512 g/mol. The molecule has 1 unspecified atom stereocenters. The Morgan fingerprint density at radius 2 is 1.97 bits per heavy atom. The van der Waals surface area contributed by atoms with E-state index < -0.39 is 11.5 Å². The van der Waals surface area contributed by atoms with Crippen molar-refractivity contribution in [3.05, 3.63) is 75.2 Å². The van der Waals surface area contributed by atoms with Crippen LogP contribution in [0.1, 0.15) is 49.1 Å². The van der Waals surface area contributed by atoms with Gasteiger partial charge in [0.25, 0.3) is 0 Å². The van der Waals surface area contributed by atoms with Gasteiger partial charge in [-0.05, 0) is 56.5 Å². The van der Waals surface area contributed by atoms with Gasteiger partial charge in [0, 0.05) is 37.4 Å². The molecule has 3 aromatic heterocycles. The Bertz CT molecular complexity index is 1650. The van der Waals surface area contributed by atoms with Gasteiger partial charge in [-0.15, -0.1) is 0 Å². The van der Waals surface area contributed by atoms with Gasteiger partial charge in [-0.3, -0.25) is 4.98 Å². The van der Waals surface area contributed by atoms with Gasteiger partial charge in [0.05, 0.1) is 28.0 Å². The molecule has 1 atom stereocenters. The third-order valence-electron chi connectivity index (χ3n) is 7.04. The first kappa shape index (κ1) is 25.5. The summed E-state index contributed by atoms with van der Waals surface area (Å²) in [5, 5.41) is 14.0. The monoisotopic (exact) mass is 511 g/mol. The molecule has 0 saturated carbocycles. The molecule has 1 saturated heterocycles. The van der Waals surface area contributed by atoms with Gasteiger partial charge in [0.2, 0.25) is 0 Å². The fourth-order valence-corrected chi connectivity index (χ4v) is 5.10. The highest BCUT2D eigenvalue weighted by Crippen LogP contribution is 2.34. The maximum atomic E-state index is 15.1. The predicted octanol–water partition coefficient (Wildman–Crippen LogP) is 4.39. The standard InChI is InChI=1S/C29H30FN7O/c1-16(2)24-26(18(4)8-9-33-24)37-28-22(27(35-29(37)38)36-11-10-32-15-19(36)5)13-20(14-31)25(34-28)21-12-17(3)6-7-23(21)30/h6-9,12-13,16,19,32H,10-11,15H2,1-5H3. The van der Waals surface area contributed by atoms with Gasteiger partial charge in [-0.25, -0.2) is 18.7 Å². The van der Waals surface area contributed by atoms with Gasteiger partial charge in [-0.1, -0.05) is 25.5 Å². The fourth-order valence-electron chi connectivity index (χ4n) is 5.10. The quantitative estimate of drug-likeness (QED) is 0.434. The molecule has 1 aromatic carbocycles. The molecule has 4 aromatic rings. The first-order valence-electron chi connectivity index (χ1n) is 12.8. The van der Waals surface area contributed by atoms with E-state index in [0.29, 0.717) is 29.1 Å². The Balaban J connectivity index is 1.94. The molecule has 0 amide bonds. The Kier molecular flexibility index (Phi) is 6.67. The van der Waals surface area contributed by atoms with Crippen LogP contribution in [-0.4, -0.2) is 45.2 Å². The molecule has 5 rings (SSSR count). The van der Waals surface area contributed by atoms with E-state index >= 15 is 4.39 Å². The number of nitrogens with zero attached hydrogens (tertiary/aromatic N) is 6. The van der Waals surface area contributed by atoms with Crippen molar-refractivity contribution in [2.45, 2.75) is 46.6 Å². The summed E-state index contributed by atoms with van der Waals surface area (Å²) in [4.78, 5) is 29.9. The molecule has 0 bridgehead atoms. The summed E-state index contributed by atoms with van der Waals surface area (Å²) in [5.41, 5.74) is 3.45. The lowest BCUT2D eigenvalue weighted by Gasteiger charge is -2.35. The van der Waals surface area contributed by atoms with Crippen LogP contribution in [0.4, 0.5) is 10.2 Å². The largest absolute Gasteiger partial charge is 0.355 e. The molecule has 1 N–H and O–H groups in total. The molecule has 4 heterocycles. The molecule has 1 aliphatic rings. The van der Waals surface area contributed by atoms with Crippen LogP contribution in [0, 0.1) is 31.0 Å². The lowest BCUT2D eigenvalue weighted by atomic mass is 10.0. The number of hydrogen-bond donors (Lipinski definition) is 1. The predicted molar refractivity (Wildman–Crippen MR) is 146 cm³/mol. The van der Waals surface area contributed by atoms with Crippen LogP contribution in [0.15, 0.2) is 41.3 Å². The normalized spacial score (nSPS) is 15.7. The Hall–Kier alpha value is -4.16. The van der Waals surface area contributed by atoms with Crippen LogP contribution in [0.5, 0.6) is 0 Å². The number of nitriles is 1. The van der Waals surface area contributed by atoms with Gasteiger partial charge in [-0.2, -0.15) is 10.2 Å². The van der Waals surface area contributed by atoms with Gasteiger partial charge in [0.15, 0.2) is 5.65 Å².